The molecule has 0 radical (unpaired) electrons. The SMILES string of the molecule is CCCCCCCN1CCN(c2ccc(NC)cc2)CC1. The Hall–Kier alpha value is -1.22. The van der Waals surface area contributed by atoms with Crippen LogP contribution in [0, 0.1) is 0 Å². The summed E-state index contributed by atoms with van der Waals surface area (Å²) in [5.74, 6) is 0. The van der Waals surface area contributed by atoms with Crippen LogP contribution in [0.3, 0.4) is 0 Å². The Bertz CT molecular complexity index is 380. The van der Waals surface area contributed by atoms with Crippen molar-refractivity contribution in [3.05, 3.63) is 24.3 Å². The van der Waals surface area contributed by atoms with Crippen LogP contribution in [0.5, 0.6) is 0 Å². The maximum atomic E-state index is 3.18. The number of hydrogen-bond donors (Lipinski definition) is 1. The molecule has 2 rings (SSSR count). The number of nitrogens with zero attached hydrogens (tertiary/aromatic N) is 2. The van der Waals surface area contributed by atoms with Gasteiger partial charge in [-0.3, -0.25) is 4.90 Å². The van der Waals surface area contributed by atoms with Crippen LogP contribution in [0.4, 0.5) is 11.4 Å². The van der Waals surface area contributed by atoms with Gasteiger partial charge in [-0.15, -0.1) is 0 Å². The maximum absolute atomic E-state index is 3.18. The lowest BCUT2D eigenvalue weighted by atomic mass is 10.1. The largest absolute Gasteiger partial charge is 0.388 e. The fraction of sp³-hybridized carbons (Fsp3) is 0.667. The van der Waals surface area contributed by atoms with Gasteiger partial charge in [0.15, 0.2) is 0 Å². The Morgan fingerprint density at radius 2 is 1.57 bits per heavy atom. The second kappa shape index (κ2) is 8.93. The lowest BCUT2D eigenvalue weighted by Gasteiger charge is -2.36. The van der Waals surface area contributed by atoms with Crippen LogP contribution >= 0.6 is 0 Å². The number of benzene rings is 1. The lowest BCUT2D eigenvalue weighted by molar-refractivity contribution is 0.252. The van der Waals surface area contributed by atoms with Crippen molar-refractivity contribution in [2.24, 2.45) is 0 Å². The third-order valence-electron chi connectivity index (χ3n) is 4.47. The number of anilines is 2. The molecule has 118 valence electrons. The van der Waals surface area contributed by atoms with E-state index in [-0.39, 0.29) is 0 Å². The first-order valence-corrected chi connectivity index (χ1v) is 8.58. The van der Waals surface area contributed by atoms with E-state index in [0.717, 1.165) is 13.1 Å². The minimum atomic E-state index is 1.16. The molecule has 0 saturated carbocycles. The van der Waals surface area contributed by atoms with Crippen molar-refractivity contribution in [1.29, 1.82) is 0 Å². The third-order valence-corrected chi connectivity index (χ3v) is 4.47. The second-order valence-electron chi connectivity index (χ2n) is 6.04. The molecule has 0 atom stereocenters. The Morgan fingerprint density at radius 1 is 0.905 bits per heavy atom. The van der Waals surface area contributed by atoms with E-state index in [1.165, 1.54) is 63.1 Å². The summed E-state index contributed by atoms with van der Waals surface area (Å²) in [7, 11) is 1.97. The molecule has 0 aromatic heterocycles. The van der Waals surface area contributed by atoms with Crippen LogP contribution in [0.15, 0.2) is 24.3 Å². The van der Waals surface area contributed by atoms with Gasteiger partial charge < -0.3 is 10.2 Å². The van der Waals surface area contributed by atoms with Crippen molar-refractivity contribution in [1.82, 2.24) is 4.90 Å². The predicted molar refractivity (Wildman–Crippen MR) is 93.4 cm³/mol. The van der Waals surface area contributed by atoms with Crippen molar-refractivity contribution >= 4 is 11.4 Å². The van der Waals surface area contributed by atoms with Gasteiger partial charge in [0.1, 0.15) is 0 Å². The van der Waals surface area contributed by atoms with E-state index < -0.39 is 0 Å². The summed E-state index contributed by atoms with van der Waals surface area (Å²) < 4.78 is 0. The standard InChI is InChI=1S/C18H31N3/c1-3-4-5-6-7-12-20-13-15-21(16-14-20)18-10-8-17(19-2)9-11-18/h8-11,19H,3-7,12-16H2,1-2H3. The quantitative estimate of drug-likeness (QED) is 0.734. The minimum Gasteiger partial charge on any atom is -0.388 e. The highest BCUT2D eigenvalue weighted by Gasteiger charge is 2.16. The van der Waals surface area contributed by atoms with Gasteiger partial charge in [-0.25, -0.2) is 0 Å². The number of unbranched alkanes of at least 4 members (excludes halogenated alkanes) is 4. The van der Waals surface area contributed by atoms with E-state index in [1.54, 1.807) is 0 Å². The average molecular weight is 289 g/mol. The molecule has 21 heavy (non-hydrogen) atoms. The zero-order valence-electron chi connectivity index (χ0n) is 13.8. The highest BCUT2D eigenvalue weighted by molar-refractivity contribution is 5.55. The summed E-state index contributed by atoms with van der Waals surface area (Å²) in [6.07, 6.45) is 6.92. The summed E-state index contributed by atoms with van der Waals surface area (Å²) in [5.41, 5.74) is 2.54. The highest BCUT2D eigenvalue weighted by Crippen LogP contribution is 2.19. The monoisotopic (exact) mass is 289 g/mol. The number of rotatable bonds is 8. The molecule has 0 bridgehead atoms. The Kier molecular flexibility index (Phi) is 6.87. The smallest absolute Gasteiger partial charge is 0.0368 e. The third kappa shape index (κ3) is 5.24. The van der Waals surface area contributed by atoms with Crippen molar-refractivity contribution in [2.45, 2.75) is 39.0 Å². The van der Waals surface area contributed by atoms with Gasteiger partial charge in [0.25, 0.3) is 0 Å². The molecule has 1 aliphatic heterocycles. The summed E-state index contributed by atoms with van der Waals surface area (Å²) in [6, 6.07) is 8.78. The second-order valence-corrected chi connectivity index (χ2v) is 6.04. The fourth-order valence-electron chi connectivity index (χ4n) is 3.01. The molecule has 1 aromatic rings. The molecule has 3 heteroatoms. The van der Waals surface area contributed by atoms with E-state index in [0.29, 0.717) is 0 Å². The van der Waals surface area contributed by atoms with E-state index in [9.17, 15) is 0 Å². The molecule has 3 nitrogen and oxygen atoms in total. The molecular weight excluding hydrogens is 258 g/mol. The predicted octanol–water partition coefficient (Wildman–Crippen LogP) is 3.82. The minimum absolute atomic E-state index is 1.16. The van der Waals surface area contributed by atoms with Crippen LogP contribution in [0.2, 0.25) is 0 Å². The van der Waals surface area contributed by atoms with Crippen LogP contribution in [0.25, 0.3) is 0 Å². The van der Waals surface area contributed by atoms with Crippen LogP contribution in [0.1, 0.15) is 39.0 Å². The number of hydrogen-bond acceptors (Lipinski definition) is 3. The van der Waals surface area contributed by atoms with Gasteiger partial charge in [-0.2, -0.15) is 0 Å². The first-order chi connectivity index (χ1) is 10.3. The van der Waals surface area contributed by atoms with E-state index >= 15 is 0 Å². The van der Waals surface area contributed by atoms with Gasteiger partial charge >= 0.3 is 0 Å². The van der Waals surface area contributed by atoms with Crippen LogP contribution in [-0.4, -0.2) is 44.7 Å². The molecule has 0 unspecified atom stereocenters. The molecule has 1 saturated heterocycles. The van der Waals surface area contributed by atoms with Gasteiger partial charge in [0, 0.05) is 44.6 Å². The van der Waals surface area contributed by atoms with Crippen molar-refractivity contribution in [2.75, 3.05) is 50.0 Å². The van der Waals surface area contributed by atoms with Crippen molar-refractivity contribution in [3.63, 3.8) is 0 Å². The Balaban J connectivity index is 1.67. The zero-order valence-corrected chi connectivity index (χ0v) is 13.8. The van der Waals surface area contributed by atoms with Gasteiger partial charge in [-0.05, 0) is 37.2 Å². The maximum Gasteiger partial charge on any atom is 0.0368 e. The zero-order chi connectivity index (χ0) is 14.9. The van der Waals surface area contributed by atoms with Crippen LogP contribution < -0.4 is 10.2 Å². The van der Waals surface area contributed by atoms with Crippen molar-refractivity contribution < 1.29 is 0 Å². The summed E-state index contributed by atoms with van der Waals surface area (Å²) in [5, 5.41) is 3.18. The molecule has 0 amide bonds. The van der Waals surface area contributed by atoms with Crippen LogP contribution in [-0.2, 0) is 0 Å². The van der Waals surface area contributed by atoms with E-state index in [1.807, 2.05) is 7.05 Å². The molecule has 1 heterocycles. The number of nitrogens with one attached hydrogen (secondary N) is 1. The summed E-state index contributed by atoms with van der Waals surface area (Å²) in [6.45, 7) is 8.31. The van der Waals surface area contributed by atoms with Gasteiger partial charge in [0.05, 0.1) is 0 Å². The molecule has 0 aliphatic carbocycles. The summed E-state index contributed by atoms with van der Waals surface area (Å²) in [4.78, 5) is 5.14. The molecule has 1 aliphatic rings. The van der Waals surface area contributed by atoms with Crippen molar-refractivity contribution in [3.8, 4) is 0 Å². The average Bonchev–Trinajstić information content (AvgIpc) is 2.55. The van der Waals surface area contributed by atoms with E-state index in [2.05, 4.69) is 46.3 Å². The lowest BCUT2D eigenvalue weighted by Crippen LogP contribution is -2.46. The van der Waals surface area contributed by atoms with Gasteiger partial charge in [0.2, 0.25) is 0 Å². The number of piperazine rings is 1. The van der Waals surface area contributed by atoms with Gasteiger partial charge in [-0.1, -0.05) is 32.6 Å². The summed E-state index contributed by atoms with van der Waals surface area (Å²) >= 11 is 0. The van der Waals surface area contributed by atoms with E-state index in [4.69, 9.17) is 0 Å². The molecule has 1 N–H and O–H groups in total. The first kappa shape index (κ1) is 16.2. The fourth-order valence-corrected chi connectivity index (χ4v) is 3.01. The molecule has 1 aromatic carbocycles. The molecule has 0 spiro atoms. The topological polar surface area (TPSA) is 18.5 Å². The normalized spacial score (nSPS) is 16.2. The first-order valence-electron chi connectivity index (χ1n) is 8.58. The Labute approximate surface area is 130 Å². The highest BCUT2D eigenvalue weighted by atomic mass is 15.3. The molecular formula is C18H31N3. The Morgan fingerprint density at radius 3 is 2.19 bits per heavy atom. The molecule has 1 fully saturated rings.